The minimum atomic E-state index is -0.448. The van der Waals surface area contributed by atoms with Crippen molar-refractivity contribution in [1.29, 1.82) is 0 Å². The van der Waals surface area contributed by atoms with Crippen LogP contribution >= 0.6 is 11.6 Å². The molecule has 0 spiro atoms. The molecule has 0 radical (unpaired) electrons. The number of halogens is 1. The van der Waals surface area contributed by atoms with E-state index in [0.717, 1.165) is 11.1 Å². The van der Waals surface area contributed by atoms with Crippen molar-refractivity contribution in [3.05, 3.63) is 88.1 Å². The molecule has 0 fully saturated rings. The lowest BCUT2D eigenvalue weighted by atomic mass is 10.0. The molecule has 1 aliphatic heterocycles. The van der Waals surface area contributed by atoms with Gasteiger partial charge in [0.15, 0.2) is 11.5 Å². The number of rotatable bonds is 6. The molecule has 0 bridgehead atoms. The predicted octanol–water partition coefficient (Wildman–Crippen LogP) is 5.37. The van der Waals surface area contributed by atoms with Gasteiger partial charge in [0.25, 0.3) is 11.8 Å². The number of imide groups is 1. The van der Waals surface area contributed by atoms with Gasteiger partial charge in [-0.1, -0.05) is 41.4 Å². The first-order valence-electron chi connectivity index (χ1n) is 10.3. The highest BCUT2D eigenvalue weighted by atomic mass is 35.5. The van der Waals surface area contributed by atoms with Crippen LogP contribution in [-0.2, 0) is 9.59 Å². The van der Waals surface area contributed by atoms with Gasteiger partial charge in [-0.25, -0.2) is 4.90 Å². The van der Waals surface area contributed by atoms with Crippen LogP contribution in [0.3, 0.4) is 0 Å². The Kier molecular flexibility index (Phi) is 6.11. The fraction of sp³-hybridized carbons (Fsp3) is 0.154. The van der Waals surface area contributed by atoms with E-state index < -0.39 is 11.8 Å². The molecule has 0 saturated heterocycles. The molecule has 0 atom stereocenters. The molecular weight excluding hydrogens is 440 g/mol. The number of nitrogens with one attached hydrogen (secondary N) is 1. The third kappa shape index (κ3) is 4.17. The lowest BCUT2D eigenvalue weighted by Crippen LogP contribution is -2.33. The van der Waals surface area contributed by atoms with Crippen molar-refractivity contribution < 1.29 is 19.1 Å². The summed E-state index contributed by atoms with van der Waals surface area (Å²) in [4.78, 5) is 28.4. The van der Waals surface area contributed by atoms with Crippen molar-refractivity contribution in [3.8, 4) is 11.5 Å². The number of carbonyl (C=O) groups is 2. The third-order valence-electron chi connectivity index (χ3n) is 5.48. The Hall–Kier alpha value is -3.77. The van der Waals surface area contributed by atoms with E-state index in [9.17, 15) is 9.59 Å². The van der Waals surface area contributed by atoms with Gasteiger partial charge >= 0.3 is 0 Å². The molecule has 3 aromatic rings. The van der Waals surface area contributed by atoms with Gasteiger partial charge in [-0.05, 0) is 55.3 Å². The number of methoxy groups -OCH3 is 2. The van der Waals surface area contributed by atoms with Crippen molar-refractivity contribution in [1.82, 2.24) is 0 Å². The minimum Gasteiger partial charge on any atom is -0.493 e. The zero-order valence-corrected chi connectivity index (χ0v) is 19.5. The number of hydrogen-bond donors (Lipinski definition) is 1. The maximum Gasteiger partial charge on any atom is 0.282 e. The molecule has 7 heteroatoms. The van der Waals surface area contributed by atoms with Gasteiger partial charge in [0.05, 0.1) is 25.5 Å². The Labute approximate surface area is 197 Å². The van der Waals surface area contributed by atoms with E-state index in [1.807, 2.05) is 38.1 Å². The summed E-state index contributed by atoms with van der Waals surface area (Å²) >= 11 is 6.09. The van der Waals surface area contributed by atoms with Gasteiger partial charge in [0.1, 0.15) is 5.70 Å². The van der Waals surface area contributed by atoms with Gasteiger partial charge < -0.3 is 14.8 Å². The zero-order valence-electron chi connectivity index (χ0n) is 18.7. The highest BCUT2D eigenvalue weighted by Crippen LogP contribution is 2.37. The van der Waals surface area contributed by atoms with Gasteiger partial charge in [0, 0.05) is 16.8 Å². The molecule has 168 valence electrons. The second-order valence-electron chi connectivity index (χ2n) is 7.69. The summed E-state index contributed by atoms with van der Waals surface area (Å²) in [5.41, 5.74) is 3.98. The number of ether oxygens (including phenoxy) is 2. The summed E-state index contributed by atoms with van der Waals surface area (Å²) in [6, 6.07) is 17.8. The molecule has 4 rings (SSSR count). The Morgan fingerprint density at radius 3 is 2.15 bits per heavy atom. The van der Waals surface area contributed by atoms with Gasteiger partial charge in [-0.2, -0.15) is 0 Å². The summed E-state index contributed by atoms with van der Waals surface area (Å²) in [6.45, 7) is 3.78. The van der Waals surface area contributed by atoms with E-state index >= 15 is 0 Å². The summed E-state index contributed by atoms with van der Waals surface area (Å²) in [6.07, 6.45) is 0. The van der Waals surface area contributed by atoms with Gasteiger partial charge in [0.2, 0.25) is 0 Å². The molecular formula is C26H23ClN2O4. The Bertz CT molecular complexity index is 1280. The van der Waals surface area contributed by atoms with Crippen molar-refractivity contribution in [2.75, 3.05) is 24.4 Å². The van der Waals surface area contributed by atoms with Crippen molar-refractivity contribution in [2.45, 2.75) is 13.8 Å². The summed E-state index contributed by atoms with van der Waals surface area (Å²) in [5, 5.41) is 3.68. The lowest BCUT2D eigenvalue weighted by Gasteiger charge is -2.18. The molecule has 2 amide bonds. The van der Waals surface area contributed by atoms with Crippen LogP contribution in [-0.4, -0.2) is 26.0 Å². The standard InChI is InChI=1S/C26H23ClN2O4/c1-15-5-7-17(8-6-15)23-24(28-19-10-12-21(32-3)22(14-19)33-4)26(31)29(25(23)30)20-11-9-18(27)13-16(20)2/h5-14,28H,1-4H3. The van der Waals surface area contributed by atoms with Crippen LogP contribution in [0.25, 0.3) is 5.57 Å². The molecule has 1 heterocycles. The van der Waals surface area contributed by atoms with Crippen LogP contribution in [0, 0.1) is 13.8 Å². The number of hydrogen-bond acceptors (Lipinski definition) is 5. The predicted molar refractivity (Wildman–Crippen MR) is 130 cm³/mol. The van der Waals surface area contributed by atoms with Crippen molar-refractivity contribution in [3.63, 3.8) is 0 Å². The van der Waals surface area contributed by atoms with E-state index in [1.54, 1.807) is 43.5 Å². The first-order valence-corrected chi connectivity index (χ1v) is 10.7. The lowest BCUT2D eigenvalue weighted by molar-refractivity contribution is -0.120. The molecule has 0 saturated carbocycles. The molecule has 0 unspecified atom stereocenters. The van der Waals surface area contributed by atoms with Crippen LogP contribution in [0.2, 0.25) is 5.02 Å². The van der Waals surface area contributed by atoms with Gasteiger partial charge in [-0.3, -0.25) is 9.59 Å². The number of anilines is 2. The summed E-state index contributed by atoms with van der Waals surface area (Å²) in [5.74, 6) is 0.207. The van der Waals surface area contributed by atoms with Crippen molar-refractivity contribution >= 4 is 40.4 Å². The molecule has 3 aromatic carbocycles. The van der Waals surface area contributed by atoms with Crippen LogP contribution < -0.4 is 19.7 Å². The summed E-state index contributed by atoms with van der Waals surface area (Å²) < 4.78 is 10.7. The Balaban J connectivity index is 1.83. The van der Waals surface area contributed by atoms with E-state index in [-0.39, 0.29) is 5.70 Å². The molecule has 6 nitrogen and oxygen atoms in total. The fourth-order valence-corrected chi connectivity index (χ4v) is 4.01. The molecule has 1 N–H and O–H groups in total. The van der Waals surface area contributed by atoms with Crippen LogP contribution in [0.5, 0.6) is 11.5 Å². The highest BCUT2D eigenvalue weighted by Gasteiger charge is 2.40. The topological polar surface area (TPSA) is 67.9 Å². The second-order valence-corrected chi connectivity index (χ2v) is 8.12. The molecule has 1 aliphatic rings. The molecule has 33 heavy (non-hydrogen) atoms. The van der Waals surface area contributed by atoms with Crippen LogP contribution in [0.1, 0.15) is 16.7 Å². The normalized spacial score (nSPS) is 13.5. The smallest absolute Gasteiger partial charge is 0.282 e. The second kappa shape index (κ2) is 9.00. The maximum absolute atomic E-state index is 13.6. The first kappa shape index (κ1) is 22.4. The molecule has 0 aliphatic carbocycles. The Morgan fingerprint density at radius 1 is 0.818 bits per heavy atom. The number of aryl methyl sites for hydroxylation is 2. The number of carbonyl (C=O) groups excluding carboxylic acids is 2. The first-order chi connectivity index (χ1) is 15.8. The van der Waals surface area contributed by atoms with E-state index in [0.29, 0.717) is 39.0 Å². The third-order valence-corrected chi connectivity index (χ3v) is 5.71. The Morgan fingerprint density at radius 2 is 1.52 bits per heavy atom. The molecule has 0 aromatic heterocycles. The average Bonchev–Trinajstić information content (AvgIpc) is 3.04. The summed E-state index contributed by atoms with van der Waals surface area (Å²) in [7, 11) is 3.09. The fourth-order valence-electron chi connectivity index (χ4n) is 3.78. The van der Waals surface area contributed by atoms with E-state index in [2.05, 4.69) is 5.32 Å². The largest absolute Gasteiger partial charge is 0.493 e. The zero-order chi connectivity index (χ0) is 23.7. The monoisotopic (exact) mass is 462 g/mol. The van der Waals surface area contributed by atoms with E-state index in [1.165, 1.54) is 12.0 Å². The SMILES string of the molecule is COc1ccc(NC2=C(c3ccc(C)cc3)C(=O)N(c3ccc(Cl)cc3C)C2=O)cc1OC. The van der Waals surface area contributed by atoms with E-state index in [4.69, 9.17) is 21.1 Å². The number of nitrogens with zero attached hydrogens (tertiary/aromatic N) is 1. The minimum absolute atomic E-state index is 0.186. The average molecular weight is 463 g/mol. The van der Waals surface area contributed by atoms with Gasteiger partial charge in [-0.15, -0.1) is 0 Å². The highest BCUT2D eigenvalue weighted by molar-refractivity contribution is 6.46. The van der Waals surface area contributed by atoms with Crippen molar-refractivity contribution in [2.24, 2.45) is 0 Å². The van der Waals surface area contributed by atoms with Crippen LogP contribution in [0.15, 0.2) is 66.4 Å². The number of benzene rings is 3. The van der Waals surface area contributed by atoms with Crippen LogP contribution in [0.4, 0.5) is 11.4 Å². The quantitative estimate of drug-likeness (QED) is 0.499. The number of amides is 2. The maximum atomic E-state index is 13.6.